The van der Waals surface area contributed by atoms with Crippen LogP contribution in [0.4, 0.5) is 4.79 Å². The number of hydrogen-bond acceptors (Lipinski definition) is 5. The maximum atomic E-state index is 13.0. The van der Waals surface area contributed by atoms with Gasteiger partial charge >= 0.3 is 6.03 Å². The first-order chi connectivity index (χ1) is 14.0. The van der Waals surface area contributed by atoms with Gasteiger partial charge in [-0.15, -0.1) is 0 Å². The average molecular weight is 400 g/mol. The molecular formula is C21H28N4O4. The number of amides is 4. The molecule has 29 heavy (non-hydrogen) atoms. The molecule has 4 amide bonds. The van der Waals surface area contributed by atoms with Crippen LogP contribution < -0.4 is 0 Å². The fourth-order valence-electron chi connectivity index (χ4n) is 4.52. The Bertz CT molecular complexity index is 770. The molecule has 156 valence electrons. The summed E-state index contributed by atoms with van der Waals surface area (Å²) in [4.78, 5) is 45.4. The van der Waals surface area contributed by atoms with Gasteiger partial charge in [-0.3, -0.25) is 19.4 Å². The van der Waals surface area contributed by atoms with Crippen molar-refractivity contribution in [2.45, 2.75) is 24.9 Å². The number of ether oxygens (including phenoxy) is 1. The highest BCUT2D eigenvalue weighted by Crippen LogP contribution is 2.37. The number of carbonyl (C=O) groups excluding carboxylic acids is 3. The van der Waals surface area contributed by atoms with E-state index in [-0.39, 0.29) is 17.8 Å². The van der Waals surface area contributed by atoms with Gasteiger partial charge in [-0.25, -0.2) is 4.79 Å². The third-order valence-electron chi connectivity index (χ3n) is 6.33. The predicted molar refractivity (Wildman–Crippen MR) is 106 cm³/mol. The molecule has 8 heteroatoms. The number of rotatable bonds is 4. The van der Waals surface area contributed by atoms with E-state index in [0.29, 0.717) is 52.2 Å². The zero-order valence-electron chi connectivity index (χ0n) is 16.9. The molecule has 3 fully saturated rings. The molecule has 3 heterocycles. The Labute approximate surface area is 171 Å². The van der Waals surface area contributed by atoms with E-state index < -0.39 is 5.54 Å². The van der Waals surface area contributed by atoms with Crippen molar-refractivity contribution in [2.24, 2.45) is 0 Å². The number of likely N-dealkylation sites (tertiary alicyclic amines) is 1. The summed E-state index contributed by atoms with van der Waals surface area (Å²) < 4.78 is 5.34. The van der Waals surface area contributed by atoms with Crippen LogP contribution in [0.3, 0.4) is 0 Å². The second kappa shape index (κ2) is 8.12. The van der Waals surface area contributed by atoms with Gasteiger partial charge in [0.15, 0.2) is 0 Å². The smallest absolute Gasteiger partial charge is 0.327 e. The lowest BCUT2D eigenvalue weighted by Gasteiger charge is -2.42. The summed E-state index contributed by atoms with van der Waals surface area (Å²) in [6, 6.07) is 9.46. The van der Waals surface area contributed by atoms with Crippen LogP contribution in [0.5, 0.6) is 0 Å². The minimum absolute atomic E-state index is 0.0847. The van der Waals surface area contributed by atoms with Crippen molar-refractivity contribution in [3.05, 3.63) is 35.9 Å². The topological polar surface area (TPSA) is 73.4 Å². The summed E-state index contributed by atoms with van der Waals surface area (Å²) in [7, 11) is 1.55. The molecule has 1 aromatic carbocycles. The number of likely N-dealkylation sites (N-methyl/N-ethyl adjacent to an activating group) is 1. The van der Waals surface area contributed by atoms with E-state index in [0.717, 1.165) is 18.7 Å². The predicted octanol–water partition coefficient (Wildman–Crippen LogP) is 0.774. The highest BCUT2D eigenvalue weighted by molar-refractivity contribution is 6.06. The number of morpholine rings is 1. The molecule has 0 aliphatic carbocycles. The summed E-state index contributed by atoms with van der Waals surface area (Å²) in [6.07, 6.45) is 0.952. The number of piperidine rings is 1. The van der Waals surface area contributed by atoms with E-state index in [9.17, 15) is 14.4 Å². The second-order valence-corrected chi connectivity index (χ2v) is 8.02. The molecule has 0 aromatic heterocycles. The average Bonchev–Trinajstić information content (AvgIpc) is 2.92. The van der Waals surface area contributed by atoms with E-state index in [1.165, 1.54) is 4.90 Å². The minimum Gasteiger partial charge on any atom is -0.379 e. The van der Waals surface area contributed by atoms with Crippen LogP contribution in [0.1, 0.15) is 18.4 Å². The van der Waals surface area contributed by atoms with Gasteiger partial charge in [-0.1, -0.05) is 30.3 Å². The molecule has 0 radical (unpaired) electrons. The number of nitrogens with zero attached hydrogens (tertiary/aromatic N) is 4. The van der Waals surface area contributed by atoms with Crippen molar-refractivity contribution in [1.82, 2.24) is 19.6 Å². The Balaban J connectivity index is 1.44. The lowest BCUT2D eigenvalue weighted by Crippen LogP contribution is -2.58. The van der Waals surface area contributed by atoms with Crippen LogP contribution in [0.15, 0.2) is 30.3 Å². The first-order valence-electron chi connectivity index (χ1n) is 10.2. The maximum absolute atomic E-state index is 13.0. The van der Waals surface area contributed by atoms with Gasteiger partial charge in [0.2, 0.25) is 5.91 Å². The standard InChI is InChI=1S/C21H28N4O4/c1-22-19(27)21(25(20(22)28)15-17-5-3-2-4-6-17)7-9-24(10-8-21)18(26)16-23-11-13-29-14-12-23/h2-6H,7-16H2,1H3. The monoisotopic (exact) mass is 400 g/mol. The Morgan fingerprint density at radius 3 is 2.34 bits per heavy atom. The number of hydrogen-bond donors (Lipinski definition) is 0. The number of imide groups is 1. The first-order valence-corrected chi connectivity index (χ1v) is 10.2. The molecule has 4 rings (SSSR count). The zero-order valence-corrected chi connectivity index (χ0v) is 16.9. The number of benzene rings is 1. The lowest BCUT2D eigenvalue weighted by atomic mass is 9.85. The number of carbonyl (C=O) groups is 3. The molecule has 1 aromatic rings. The molecule has 0 saturated carbocycles. The molecule has 3 saturated heterocycles. The molecular weight excluding hydrogens is 372 g/mol. The summed E-state index contributed by atoms with van der Waals surface area (Å²) in [5.74, 6) is -0.0693. The highest BCUT2D eigenvalue weighted by Gasteiger charge is 2.57. The first kappa shape index (κ1) is 19.8. The van der Waals surface area contributed by atoms with Crippen molar-refractivity contribution in [3.8, 4) is 0 Å². The Kier molecular flexibility index (Phi) is 5.56. The normalized spacial score (nSPS) is 22.6. The van der Waals surface area contributed by atoms with Gasteiger partial charge < -0.3 is 14.5 Å². The Morgan fingerprint density at radius 2 is 1.69 bits per heavy atom. The van der Waals surface area contributed by atoms with E-state index in [1.54, 1.807) is 11.9 Å². The summed E-state index contributed by atoms with van der Waals surface area (Å²) in [5.41, 5.74) is 0.145. The number of urea groups is 1. The Morgan fingerprint density at radius 1 is 1.03 bits per heavy atom. The summed E-state index contributed by atoms with van der Waals surface area (Å²) in [6.45, 7) is 4.62. The fraction of sp³-hybridized carbons (Fsp3) is 0.571. The van der Waals surface area contributed by atoms with E-state index in [4.69, 9.17) is 4.74 Å². The fourth-order valence-corrected chi connectivity index (χ4v) is 4.52. The van der Waals surface area contributed by atoms with E-state index in [1.807, 2.05) is 35.2 Å². The van der Waals surface area contributed by atoms with Crippen LogP contribution in [-0.4, -0.2) is 96.0 Å². The van der Waals surface area contributed by atoms with Crippen LogP contribution in [-0.2, 0) is 20.9 Å². The maximum Gasteiger partial charge on any atom is 0.327 e. The van der Waals surface area contributed by atoms with Crippen molar-refractivity contribution in [2.75, 3.05) is 53.0 Å². The molecule has 0 N–H and O–H groups in total. The quantitative estimate of drug-likeness (QED) is 0.699. The minimum atomic E-state index is -0.850. The summed E-state index contributed by atoms with van der Waals surface area (Å²) >= 11 is 0. The van der Waals surface area contributed by atoms with E-state index in [2.05, 4.69) is 4.90 Å². The molecule has 3 aliphatic heterocycles. The van der Waals surface area contributed by atoms with Gasteiger partial charge in [-0.05, 0) is 18.4 Å². The van der Waals surface area contributed by atoms with E-state index >= 15 is 0 Å². The van der Waals surface area contributed by atoms with Gasteiger partial charge in [-0.2, -0.15) is 0 Å². The SMILES string of the molecule is CN1C(=O)N(Cc2ccccc2)C2(CCN(C(=O)CN3CCOCC3)CC2)C1=O. The molecule has 3 aliphatic rings. The Hall–Kier alpha value is -2.45. The van der Waals surface area contributed by atoms with Gasteiger partial charge in [0, 0.05) is 39.8 Å². The lowest BCUT2D eigenvalue weighted by molar-refractivity contribution is -0.141. The van der Waals surface area contributed by atoms with Crippen molar-refractivity contribution in [1.29, 1.82) is 0 Å². The van der Waals surface area contributed by atoms with Crippen molar-refractivity contribution < 1.29 is 19.1 Å². The van der Waals surface area contributed by atoms with Crippen molar-refractivity contribution in [3.63, 3.8) is 0 Å². The van der Waals surface area contributed by atoms with Gasteiger partial charge in [0.1, 0.15) is 5.54 Å². The third-order valence-corrected chi connectivity index (χ3v) is 6.33. The molecule has 0 atom stereocenters. The van der Waals surface area contributed by atoms with Gasteiger partial charge in [0.25, 0.3) is 5.91 Å². The zero-order chi connectivity index (χ0) is 20.4. The van der Waals surface area contributed by atoms with Crippen LogP contribution >= 0.6 is 0 Å². The molecule has 0 bridgehead atoms. The van der Waals surface area contributed by atoms with Crippen LogP contribution in [0.25, 0.3) is 0 Å². The molecule has 8 nitrogen and oxygen atoms in total. The molecule has 0 unspecified atom stereocenters. The summed E-state index contributed by atoms with van der Waals surface area (Å²) in [5, 5.41) is 0. The molecule has 1 spiro atoms. The van der Waals surface area contributed by atoms with Crippen LogP contribution in [0.2, 0.25) is 0 Å². The van der Waals surface area contributed by atoms with Gasteiger partial charge in [0.05, 0.1) is 19.8 Å². The second-order valence-electron chi connectivity index (χ2n) is 8.02. The van der Waals surface area contributed by atoms with Crippen molar-refractivity contribution >= 4 is 17.8 Å². The third kappa shape index (κ3) is 3.74. The highest BCUT2D eigenvalue weighted by atomic mass is 16.5. The largest absolute Gasteiger partial charge is 0.379 e. The van der Waals surface area contributed by atoms with Crippen LogP contribution in [0, 0.1) is 0 Å².